The van der Waals surface area contributed by atoms with Gasteiger partial charge in [0.05, 0.1) is 22.7 Å². The van der Waals surface area contributed by atoms with Gasteiger partial charge in [-0.15, -0.1) is 0 Å². The molecule has 5 aliphatic rings. The third-order valence-corrected chi connectivity index (χ3v) is 8.21. The Kier molecular flexibility index (Phi) is 5.88. The maximum atomic E-state index is 5.30. The predicted molar refractivity (Wildman–Crippen MR) is 172 cm³/mol. The molecule has 0 saturated heterocycles. The van der Waals surface area contributed by atoms with Crippen molar-refractivity contribution in [3.63, 3.8) is 0 Å². The molecule has 6 heteroatoms. The van der Waals surface area contributed by atoms with Crippen LogP contribution in [0.1, 0.15) is 22.5 Å². The molecule has 0 fully saturated rings. The van der Waals surface area contributed by atoms with Crippen LogP contribution in [0.15, 0.2) is 166 Å². The van der Waals surface area contributed by atoms with Gasteiger partial charge in [0, 0.05) is 71.8 Å². The van der Waals surface area contributed by atoms with Gasteiger partial charge in [0.2, 0.25) is 0 Å². The van der Waals surface area contributed by atoms with Crippen LogP contribution in [0, 0.1) is 0 Å². The monoisotopic (exact) mass is 558 g/mol. The summed E-state index contributed by atoms with van der Waals surface area (Å²) in [7, 11) is 4.07. The maximum Gasteiger partial charge on any atom is 0.169 e. The van der Waals surface area contributed by atoms with Gasteiger partial charge in [0.25, 0.3) is 0 Å². The topological polar surface area (TPSA) is 64.2 Å². The lowest BCUT2D eigenvalue weighted by molar-refractivity contribution is -0.671. The van der Waals surface area contributed by atoms with E-state index >= 15 is 0 Å². The van der Waals surface area contributed by atoms with Gasteiger partial charge >= 0.3 is 0 Å². The van der Waals surface area contributed by atoms with Gasteiger partial charge in [-0.25, -0.2) is 14.6 Å². The van der Waals surface area contributed by atoms with E-state index in [2.05, 4.69) is 143 Å². The van der Waals surface area contributed by atoms with Crippen molar-refractivity contribution in [2.75, 3.05) is 7.05 Å². The van der Waals surface area contributed by atoms with E-state index in [9.17, 15) is 0 Å². The predicted octanol–water partition coefficient (Wildman–Crippen LogP) is 5.12. The second-order valence-electron chi connectivity index (χ2n) is 11.1. The first kappa shape index (κ1) is 25.1. The molecule has 0 aliphatic carbocycles. The van der Waals surface area contributed by atoms with Crippen LogP contribution in [0.4, 0.5) is 0 Å². The molecule has 0 saturated carbocycles. The summed E-state index contributed by atoms with van der Waals surface area (Å²) >= 11 is 0. The molecule has 8 bridgehead atoms. The first-order valence-electron chi connectivity index (χ1n) is 14.4. The average Bonchev–Trinajstić information content (AvgIpc) is 3.85. The van der Waals surface area contributed by atoms with Gasteiger partial charge in [0.1, 0.15) is 18.4 Å². The Morgan fingerprint density at radius 1 is 0.628 bits per heavy atom. The molecule has 0 unspecified atom stereocenters. The second kappa shape index (κ2) is 10.0. The summed E-state index contributed by atoms with van der Waals surface area (Å²) in [6.07, 6.45) is 25.5. The first-order chi connectivity index (χ1) is 21.1. The molecule has 206 valence electrons. The first-order valence-corrected chi connectivity index (χ1v) is 14.4. The zero-order valence-corrected chi connectivity index (χ0v) is 24.0. The minimum absolute atomic E-state index is 0.927. The van der Waals surface area contributed by atoms with Crippen molar-refractivity contribution in [2.24, 2.45) is 17.0 Å². The summed E-state index contributed by atoms with van der Waals surface area (Å²) in [4.78, 5) is 16.3. The summed E-state index contributed by atoms with van der Waals surface area (Å²) < 4.78 is 2.05. The smallest absolute Gasteiger partial charge is 0.169 e. The molecule has 2 aromatic heterocycles. The van der Waals surface area contributed by atoms with Gasteiger partial charge in [-0.1, -0.05) is 30.3 Å². The largest absolute Gasteiger partial charge is 0.357 e. The van der Waals surface area contributed by atoms with Crippen molar-refractivity contribution >= 4 is 28.1 Å². The van der Waals surface area contributed by atoms with Crippen molar-refractivity contribution in [2.45, 2.75) is 0 Å². The summed E-state index contributed by atoms with van der Waals surface area (Å²) in [5, 5.41) is 2.23. The van der Waals surface area contributed by atoms with Crippen LogP contribution in [0.3, 0.4) is 0 Å². The minimum Gasteiger partial charge on any atom is -0.357 e. The molecule has 0 atom stereocenters. The normalized spacial score (nSPS) is 18.7. The number of hydrogen-bond donors (Lipinski definition) is 2. The number of aryl methyl sites for hydroxylation is 1. The fraction of sp³-hybridized carbons (Fsp3) is 0.0541. The van der Waals surface area contributed by atoms with E-state index in [1.54, 1.807) is 0 Å². The van der Waals surface area contributed by atoms with Gasteiger partial charge in [0.15, 0.2) is 18.1 Å². The van der Waals surface area contributed by atoms with E-state index in [0.29, 0.717) is 0 Å². The number of nitrogens with one attached hydrogen (secondary N) is 1. The summed E-state index contributed by atoms with van der Waals surface area (Å²) in [5.74, 6) is 0. The lowest BCUT2D eigenvalue weighted by Gasteiger charge is -2.16. The van der Waals surface area contributed by atoms with Gasteiger partial charge in [-0.3, -0.25) is 5.32 Å². The number of aliphatic imine (C=N–C) groups is 2. The Labute approximate surface area is 250 Å². The third kappa shape index (κ3) is 4.45. The van der Waals surface area contributed by atoms with E-state index in [1.165, 1.54) is 0 Å². The van der Waals surface area contributed by atoms with Crippen molar-refractivity contribution in [3.05, 3.63) is 179 Å². The van der Waals surface area contributed by atoms with E-state index in [1.807, 2.05) is 19.0 Å². The number of fused-ring (bicyclic) bond motifs is 6. The van der Waals surface area contributed by atoms with Crippen LogP contribution in [0.2, 0.25) is 0 Å². The summed E-state index contributed by atoms with van der Waals surface area (Å²) in [5.41, 5.74) is 14.5. The van der Waals surface area contributed by atoms with Crippen LogP contribution < -0.4 is 9.88 Å². The molecule has 3 N–H and O–H groups in total. The molecule has 0 amide bonds. The average molecular weight is 559 g/mol. The van der Waals surface area contributed by atoms with E-state index in [4.69, 9.17) is 9.98 Å². The number of H-pyrrole nitrogens is 1. The van der Waals surface area contributed by atoms with Crippen LogP contribution >= 0.6 is 0 Å². The van der Waals surface area contributed by atoms with Crippen LogP contribution in [0.25, 0.3) is 16.7 Å². The van der Waals surface area contributed by atoms with Crippen molar-refractivity contribution in [1.82, 2.24) is 9.88 Å². The van der Waals surface area contributed by atoms with Crippen molar-refractivity contribution in [1.29, 1.82) is 0 Å². The lowest BCUT2D eigenvalue weighted by Crippen LogP contribution is -2.77. The molecule has 0 spiro atoms. The van der Waals surface area contributed by atoms with Crippen molar-refractivity contribution < 1.29 is 9.88 Å². The highest BCUT2D eigenvalue weighted by Crippen LogP contribution is 2.36. The Morgan fingerprint density at radius 3 is 2.02 bits per heavy atom. The number of nitrogens with two attached hydrogens (primary N) is 1. The minimum atomic E-state index is 0.927. The van der Waals surface area contributed by atoms with Gasteiger partial charge in [-0.2, -0.15) is 0 Å². The van der Waals surface area contributed by atoms with Crippen molar-refractivity contribution in [3.8, 4) is 0 Å². The van der Waals surface area contributed by atoms with Gasteiger partial charge < -0.3 is 9.88 Å². The summed E-state index contributed by atoms with van der Waals surface area (Å²) in [6, 6.07) is 19.1. The highest BCUT2D eigenvalue weighted by atomic mass is 15.0. The number of allylic oxidation sites excluding steroid dienone is 11. The fourth-order valence-electron chi connectivity index (χ4n) is 6.03. The Morgan fingerprint density at radius 2 is 1.26 bits per heavy atom. The zero-order chi connectivity index (χ0) is 28.9. The SMILES string of the molecule is CN1C=CC(=C2C3=NC(=C4C=CC(=C(c5cc[n+](C)cc5)C5=NC(=C(c6ccccc6)c6ccc2[nH]6)C=C5)[NH2+]4)C=C3)C=C1. The number of benzene rings is 1. The molecule has 7 heterocycles. The molecule has 0 radical (unpaired) electrons. The number of quaternary nitrogens is 1. The number of pyridine rings is 1. The molecule has 43 heavy (non-hydrogen) atoms. The quantitative estimate of drug-likeness (QED) is 0.422. The number of aromatic nitrogens is 2. The Bertz CT molecular complexity index is 2010. The molecule has 3 aromatic rings. The number of hydrogen-bond acceptors (Lipinski definition) is 3. The number of aromatic amines is 1. The fourth-order valence-corrected chi connectivity index (χ4v) is 6.03. The maximum absolute atomic E-state index is 5.30. The summed E-state index contributed by atoms with van der Waals surface area (Å²) in [6.45, 7) is 0. The highest BCUT2D eigenvalue weighted by Gasteiger charge is 2.28. The zero-order valence-electron chi connectivity index (χ0n) is 24.0. The van der Waals surface area contributed by atoms with E-state index < -0.39 is 0 Å². The molecular weight excluding hydrogens is 528 g/mol. The highest BCUT2D eigenvalue weighted by molar-refractivity contribution is 6.32. The van der Waals surface area contributed by atoms with Crippen LogP contribution in [-0.4, -0.2) is 28.4 Å². The number of nitrogens with zero attached hydrogens (tertiary/aromatic N) is 4. The van der Waals surface area contributed by atoms with E-state index in [-0.39, 0.29) is 0 Å². The van der Waals surface area contributed by atoms with Gasteiger partial charge in [-0.05, 0) is 59.7 Å². The third-order valence-electron chi connectivity index (χ3n) is 8.21. The molecule has 1 aromatic carbocycles. The molecular formula is C37H30N6+2. The molecule has 8 rings (SSSR count). The van der Waals surface area contributed by atoms with E-state index in [0.717, 1.165) is 79.0 Å². The standard InChI is InChI=1S/C37H28N6/c1-42-20-16-25(17-21-42)36-29-10-8-27(38-29)28-9-11-30(39-28)37(26-18-22-43(2)23-19-26)34-15-13-32(41-34)35(24-6-4-3-5-7-24)31-12-14-33(36)40-31/h3-23H,1-2H3,(H,40,41)/p+2. The molecule has 5 aliphatic heterocycles. The van der Waals surface area contributed by atoms with Crippen LogP contribution in [-0.2, 0) is 7.05 Å². The number of rotatable bonds is 2. The van der Waals surface area contributed by atoms with Crippen LogP contribution in [0.5, 0.6) is 0 Å². The lowest BCUT2D eigenvalue weighted by atomic mass is 9.99. The Hall–Kier alpha value is -5.59. The second-order valence-corrected chi connectivity index (χ2v) is 11.1. The Balaban J connectivity index is 1.42. The molecule has 6 nitrogen and oxygen atoms in total.